The summed E-state index contributed by atoms with van der Waals surface area (Å²) in [6, 6.07) is 3.99. The quantitative estimate of drug-likeness (QED) is 0.361. The molecule has 0 spiro atoms. The Labute approximate surface area is 175 Å². The van der Waals surface area contributed by atoms with Gasteiger partial charge in [0.05, 0.1) is 32.1 Å². The van der Waals surface area contributed by atoms with Crippen LogP contribution < -0.4 is 0 Å². The summed E-state index contributed by atoms with van der Waals surface area (Å²) in [5.41, 5.74) is -3.14. The molecule has 0 aromatic heterocycles. The number of benzene rings is 2. The van der Waals surface area contributed by atoms with Crippen molar-refractivity contribution in [2.24, 2.45) is 0 Å². The van der Waals surface area contributed by atoms with Crippen LogP contribution >= 0.6 is 34.8 Å². The van der Waals surface area contributed by atoms with Crippen LogP contribution in [0.4, 0.5) is 26.3 Å². The Balaban J connectivity index is 2.52. The first-order chi connectivity index (χ1) is 13.2. The van der Waals surface area contributed by atoms with Crippen LogP contribution in [0.15, 0.2) is 36.4 Å². The molecule has 1 atom stereocenters. The summed E-state index contributed by atoms with van der Waals surface area (Å²) in [4.78, 5) is 11.0. The third-order valence-electron chi connectivity index (χ3n) is 3.78. The molecule has 0 amide bonds. The number of allylic oxidation sites excluding steroid dienone is 1. The van der Waals surface area contributed by atoms with Gasteiger partial charge in [0.25, 0.3) is 0 Å². The van der Waals surface area contributed by atoms with Crippen LogP contribution in [-0.4, -0.2) is 17.3 Å². The second-order valence-electron chi connectivity index (χ2n) is 5.78. The van der Waals surface area contributed by atoms with E-state index in [2.05, 4.69) is 0 Å². The van der Waals surface area contributed by atoms with Crippen molar-refractivity contribution < 1.29 is 36.2 Å². The molecule has 0 saturated heterocycles. The molecule has 0 aliphatic heterocycles. The molecule has 2 aromatic rings. The number of carbonyl (C=O) groups is 1. The summed E-state index contributed by atoms with van der Waals surface area (Å²) >= 11 is 17.2. The number of hydrogen-bond acceptors (Lipinski definition) is 1. The lowest BCUT2D eigenvalue weighted by Gasteiger charge is -2.18. The molecule has 0 bridgehead atoms. The molecule has 0 fully saturated rings. The van der Waals surface area contributed by atoms with Gasteiger partial charge in [0, 0.05) is 0 Å². The van der Waals surface area contributed by atoms with Crippen molar-refractivity contribution in [2.45, 2.75) is 18.3 Å². The zero-order valence-corrected chi connectivity index (χ0v) is 16.1. The van der Waals surface area contributed by atoms with Gasteiger partial charge in [-0.05, 0) is 35.4 Å². The number of carboxylic acids is 1. The lowest BCUT2D eigenvalue weighted by Crippen LogP contribution is -2.19. The molecule has 2 rings (SSSR count). The second-order valence-corrected chi connectivity index (χ2v) is 6.98. The highest BCUT2D eigenvalue weighted by Crippen LogP contribution is 2.41. The maximum absolute atomic E-state index is 13.5. The predicted molar refractivity (Wildman–Crippen MR) is 97.7 cm³/mol. The predicted octanol–water partition coefficient (Wildman–Crippen LogP) is 7.72. The monoisotopic (exact) mass is 476 g/mol. The molecule has 0 saturated carbocycles. The fraction of sp³-hybridized carbons (Fsp3) is 0.167. The first kappa shape index (κ1) is 23.4. The lowest BCUT2D eigenvalue weighted by atomic mass is 9.96. The normalized spacial score (nSPS) is 13.7. The fourth-order valence-corrected chi connectivity index (χ4v) is 3.07. The van der Waals surface area contributed by atoms with Crippen LogP contribution in [0.5, 0.6) is 0 Å². The number of aromatic carboxylic acids is 1. The third kappa shape index (κ3) is 5.58. The van der Waals surface area contributed by atoms with E-state index in [1.54, 1.807) is 0 Å². The van der Waals surface area contributed by atoms with E-state index in [0.29, 0.717) is 18.2 Å². The van der Waals surface area contributed by atoms with E-state index in [1.165, 1.54) is 0 Å². The minimum absolute atomic E-state index is 0.138. The summed E-state index contributed by atoms with van der Waals surface area (Å²) < 4.78 is 79.6. The van der Waals surface area contributed by atoms with Crippen LogP contribution in [0, 0.1) is 0 Å². The van der Waals surface area contributed by atoms with Crippen molar-refractivity contribution in [1.29, 1.82) is 0 Å². The maximum atomic E-state index is 13.5. The topological polar surface area (TPSA) is 37.3 Å². The summed E-state index contributed by atoms with van der Waals surface area (Å²) in [5.74, 6) is -4.06. The highest BCUT2D eigenvalue weighted by molar-refractivity contribution is 6.48. The lowest BCUT2D eigenvalue weighted by molar-refractivity contribution is -0.139. The average molecular weight is 478 g/mol. The van der Waals surface area contributed by atoms with Crippen molar-refractivity contribution in [3.63, 3.8) is 0 Å². The molecule has 2 aromatic carbocycles. The van der Waals surface area contributed by atoms with E-state index in [0.717, 1.165) is 24.3 Å². The molecule has 0 radical (unpaired) electrons. The molecular formula is C18H9Cl3F6O2. The van der Waals surface area contributed by atoms with Crippen molar-refractivity contribution in [2.75, 3.05) is 0 Å². The molecule has 2 nitrogen and oxygen atoms in total. The van der Waals surface area contributed by atoms with Gasteiger partial charge in [-0.3, -0.25) is 0 Å². The SMILES string of the molecule is O=C(O)c1ccc(C=CC(c2cc(Cl)c(Cl)c(Cl)c2)C(F)(F)F)cc1C(F)(F)F. The second kappa shape index (κ2) is 8.45. The van der Waals surface area contributed by atoms with Gasteiger partial charge in [-0.1, -0.05) is 53.0 Å². The molecule has 1 N–H and O–H groups in total. The minimum atomic E-state index is -5.00. The van der Waals surface area contributed by atoms with Gasteiger partial charge in [0.2, 0.25) is 0 Å². The fourth-order valence-electron chi connectivity index (χ4n) is 2.46. The maximum Gasteiger partial charge on any atom is 0.417 e. The summed E-state index contributed by atoms with van der Waals surface area (Å²) in [6.45, 7) is 0. The Bertz CT molecular complexity index is 944. The molecule has 0 aliphatic carbocycles. The van der Waals surface area contributed by atoms with Crippen LogP contribution in [0.25, 0.3) is 6.08 Å². The van der Waals surface area contributed by atoms with Crippen molar-refractivity contribution in [1.82, 2.24) is 0 Å². The van der Waals surface area contributed by atoms with Crippen molar-refractivity contribution >= 4 is 46.8 Å². The van der Waals surface area contributed by atoms with Crippen LogP contribution in [0.1, 0.15) is 33.0 Å². The molecule has 156 valence electrons. The summed E-state index contributed by atoms with van der Waals surface area (Å²) in [5, 5.41) is 8.29. The van der Waals surface area contributed by atoms with E-state index in [4.69, 9.17) is 39.9 Å². The van der Waals surface area contributed by atoms with Crippen LogP contribution in [0.3, 0.4) is 0 Å². The van der Waals surface area contributed by atoms with Crippen molar-refractivity contribution in [3.8, 4) is 0 Å². The van der Waals surface area contributed by atoms with Crippen LogP contribution in [0.2, 0.25) is 15.1 Å². The molecule has 0 heterocycles. The number of carboxylic acid groups (broad SMARTS) is 1. The van der Waals surface area contributed by atoms with E-state index in [1.807, 2.05) is 0 Å². The zero-order valence-electron chi connectivity index (χ0n) is 13.9. The van der Waals surface area contributed by atoms with Gasteiger partial charge in [-0.15, -0.1) is 0 Å². The van der Waals surface area contributed by atoms with E-state index >= 15 is 0 Å². The zero-order chi connectivity index (χ0) is 22.1. The number of halogens is 9. The largest absolute Gasteiger partial charge is 0.478 e. The van der Waals surface area contributed by atoms with Gasteiger partial charge in [0.1, 0.15) is 0 Å². The number of alkyl halides is 6. The van der Waals surface area contributed by atoms with Gasteiger partial charge >= 0.3 is 18.3 Å². The van der Waals surface area contributed by atoms with Gasteiger partial charge in [-0.2, -0.15) is 26.3 Å². The minimum Gasteiger partial charge on any atom is -0.478 e. The standard InChI is InChI=1S/C18H9Cl3F6O2/c19-13-6-9(7-14(20)15(13)21)11(17(22,23)24)4-2-8-1-3-10(16(28)29)12(5-8)18(25,26)27/h1-7,11H,(H,28,29). The average Bonchev–Trinajstić information content (AvgIpc) is 2.57. The highest BCUT2D eigenvalue weighted by atomic mass is 35.5. The first-order valence-electron chi connectivity index (χ1n) is 7.55. The van der Waals surface area contributed by atoms with E-state index in [9.17, 15) is 31.1 Å². The Hall–Kier alpha value is -1.90. The summed E-state index contributed by atoms with van der Waals surface area (Å²) in [7, 11) is 0. The molecule has 0 aliphatic rings. The molecule has 11 heteroatoms. The Kier molecular flexibility index (Phi) is 6.82. The van der Waals surface area contributed by atoms with E-state index < -0.39 is 35.4 Å². The Morgan fingerprint density at radius 3 is 1.97 bits per heavy atom. The van der Waals surface area contributed by atoms with Crippen LogP contribution in [-0.2, 0) is 6.18 Å². The summed E-state index contributed by atoms with van der Waals surface area (Å²) in [6.07, 6.45) is -8.40. The third-order valence-corrected chi connectivity index (χ3v) is 4.98. The van der Waals surface area contributed by atoms with Gasteiger partial charge < -0.3 is 5.11 Å². The number of rotatable bonds is 4. The highest BCUT2D eigenvalue weighted by Gasteiger charge is 2.39. The molecule has 1 unspecified atom stereocenters. The molecule has 29 heavy (non-hydrogen) atoms. The Morgan fingerprint density at radius 2 is 1.52 bits per heavy atom. The van der Waals surface area contributed by atoms with Gasteiger partial charge in [-0.25, -0.2) is 4.79 Å². The Morgan fingerprint density at radius 1 is 0.966 bits per heavy atom. The first-order valence-corrected chi connectivity index (χ1v) is 8.69. The smallest absolute Gasteiger partial charge is 0.417 e. The van der Waals surface area contributed by atoms with Gasteiger partial charge in [0.15, 0.2) is 0 Å². The van der Waals surface area contributed by atoms with Crippen molar-refractivity contribution in [3.05, 3.63) is 73.7 Å². The number of hydrogen-bond donors (Lipinski definition) is 1. The molecular weight excluding hydrogens is 469 g/mol. The van der Waals surface area contributed by atoms with E-state index in [-0.39, 0.29) is 26.2 Å².